The van der Waals surface area contributed by atoms with Crippen LogP contribution in [0.15, 0.2) is 41.2 Å². The molecule has 1 atom stereocenters. The number of hydrogen-bond donors (Lipinski definition) is 1. The molecule has 6 nitrogen and oxygen atoms in total. The summed E-state index contributed by atoms with van der Waals surface area (Å²) >= 11 is 0. The first-order valence-electron chi connectivity index (χ1n) is 10.5. The van der Waals surface area contributed by atoms with Gasteiger partial charge in [-0.15, -0.1) is 0 Å². The van der Waals surface area contributed by atoms with E-state index in [0.29, 0.717) is 30.0 Å². The highest BCUT2D eigenvalue weighted by molar-refractivity contribution is 5.82. The van der Waals surface area contributed by atoms with Gasteiger partial charge in [0.05, 0.1) is 20.3 Å². The molecule has 0 bridgehead atoms. The third-order valence-electron chi connectivity index (χ3n) is 5.97. The largest absolute Gasteiger partial charge is 0.493 e. The van der Waals surface area contributed by atoms with Crippen LogP contribution in [0.4, 0.5) is 0 Å². The van der Waals surface area contributed by atoms with E-state index in [1.54, 1.807) is 14.2 Å². The van der Waals surface area contributed by atoms with Crippen LogP contribution in [-0.2, 0) is 11.2 Å². The first kappa shape index (κ1) is 21.0. The van der Waals surface area contributed by atoms with Crippen molar-refractivity contribution in [1.29, 1.82) is 0 Å². The number of rotatable bonds is 4. The second-order valence-corrected chi connectivity index (χ2v) is 8.39. The molecule has 0 radical (unpaired) electrons. The van der Waals surface area contributed by atoms with Gasteiger partial charge in [-0.1, -0.05) is 25.5 Å². The van der Waals surface area contributed by atoms with E-state index in [1.807, 2.05) is 62.1 Å². The summed E-state index contributed by atoms with van der Waals surface area (Å²) in [6.45, 7) is 6.33. The highest BCUT2D eigenvalue weighted by atomic mass is 16.5. The number of methoxy groups -OCH3 is 2. The zero-order valence-corrected chi connectivity index (χ0v) is 18.6. The number of ether oxygens (including phenoxy) is 2. The monoisotopic (exact) mass is 420 g/mol. The molecule has 2 heterocycles. The molecule has 1 aromatic heterocycles. The third-order valence-corrected chi connectivity index (χ3v) is 5.97. The summed E-state index contributed by atoms with van der Waals surface area (Å²) in [5.74, 6) is 1.07. The Balaban J connectivity index is 1.98. The summed E-state index contributed by atoms with van der Waals surface area (Å²) in [4.78, 5) is 31.2. The smallest absolute Gasteiger partial charge is 0.254 e. The third kappa shape index (κ3) is 3.67. The van der Waals surface area contributed by atoms with Crippen LogP contribution >= 0.6 is 0 Å². The summed E-state index contributed by atoms with van der Waals surface area (Å²) in [6.07, 6.45) is 0.690. The fourth-order valence-electron chi connectivity index (χ4n) is 4.40. The van der Waals surface area contributed by atoms with Crippen molar-refractivity contribution in [2.24, 2.45) is 5.92 Å². The molecule has 1 N–H and O–H groups in total. The number of amides is 1. The molecule has 162 valence electrons. The number of hydrogen-bond acceptors (Lipinski definition) is 4. The number of aryl methyl sites for hydroxylation is 1. The number of fused-ring (bicyclic) bond motifs is 2. The van der Waals surface area contributed by atoms with E-state index in [-0.39, 0.29) is 17.4 Å². The predicted octanol–water partition coefficient (Wildman–Crippen LogP) is 3.98. The van der Waals surface area contributed by atoms with E-state index in [4.69, 9.17) is 9.47 Å². The van der Waals surface area contributed by atoms with Gasteiger partial charge in [-0.05, 0) is 60.2 Å². The molecule has 0 saturated heterocycles. The molecule has 6 heteroatoms. The number of aromatic nitrogens is 1. The van der Waals surface area contributed by atoms with Gasteiger partial charge in [0.15, 0.2) is 11.5 Å². The van der Waals surface area contributed by atoms with Crippen molar-refractivity contribution in [1.82, 2.24) is 9.88 Å². The molecule has 0 aliphatic carbocycles. The van der Waals surface area contributed by atoms with Crippen LogP contribution in [0, 0.1) is 12.8 Å². The summed E-state index contributed by atoms with van der Waals surface area (Å²) in [7, 11) is 3.19. The molecule has 1 aliphatic heterocycles. The standard InChI is InChI=1S/C25H28N2O4/c1-14(2)25(29)27-9-8-16-12-21(30-4)22(31-5)13-18(16)23(27)19-11-17-10-15(3)6-7-20(17)26-24(19)28/h6-7,10-14,23H,8-9H2,1-5H3,(H,26,28)/t23-/m1/s1. The first-order valence-corrected chi connectivity index (χ1v) is 10.5. The van der Waals surface area contributed by atoms with Crippen molar-refractivity contribution in [3.05, 3.63) is 69.0 Å². The minimum absolute atomic E-state index is 0.0224. The Morgan fingerprint density at radius 2 is 1.77 bits per heavy atom. The fourth-order valence-corrected chi connectivity index (χ4v) is 4.40. The van der Waals surface area contributed by atoms with Crippen molar-refractivity contribution in [2.75, 3.05) is 20.8 Å². The average Bonchev–Trinajstić information content (AvgIpc) is 2.76. The quantitative estimate of drug-likeness (QED) is 0.693. The van der Waals surface area contributed by atoms with E-state index in [1.165, 1.54) is 0 Å². The van der Waals surface area contributed by atoms with Gasteiger partial charge in [0, 0.05) is 23.5 Å². The van der Waals surface area contributed by atoms with Crippen molar-refractivity contribution in [3.63, 3.8) is 0 Å². The van der Waals surface area contributed by atoms with E-state index in [9.17, 15) is 9.59 Å². The number of benzene rings is 2. The minimum atomic E-state index is -0.493. The summed E-state index contributed by atoms with van der Waals surface area (Å²) < 4.78 is 11.0. The lowest BCUT2D eigenvalue weighted by atomic mass is 9.87. The molecule has 0 saturated carbocycles. The predicted molar refractivity (Wildman–Crippen MR) is 121 cm³/mol. The van der Waals surface area contributed by atoms with Crippen LogP contribution in [0.25, 0.3) is 10.9 Å². The number of nitrogens with one attached hydrogen (secondary N) is 1. The Morgan fingerprint density at radius 3 is 2.45 bits per heavy atom. The highest BCUT2D eigenvalue weighted by Gasteiger charge is 2.35. The van der Waals surface area contributed by atoms with E-state index in [0.717, 1.165) is 27.6 Å². The molecule has 0 fully saturated rings. The lowest BCUT2D eigenvalue weighted by Gasteiger charge is -2.38. The first-order chi connectivity index (χ1) is 14.8. The second-order valence-electron chi connectivity index (χ2n) is 8.39. The average molecular weight is 421 g/mol. The van der Waals surface area contributed by atoms with Gasteiger partial charge < -0.3 is 19.4 Å². The van der Waals surface area contributed by atoms with Crippen LogP contribution in [0.3, 0.4) is 0 Å². The topological polar surface area (TPSA) is 71.6 Å². The van der Waals surface area contributed by atoms with Gasteiger partial charge in [0.25, 0.3) is 5.56 Å². The Bertz CT molecular complexity index is 1210. The number of carbonyl (C=O) groups excluding carboxylic acids is 1. The SMILES string of the molecule is COc1cc2c(cc1OC)[C@H](c1cc3cc(C)ccc3[nH]c1=O)N(C(=O)C(C)C)CC2. The van der Waals surface area contributed by atoms with Crippen molar-refractivity contribution in [2.45, 2.75) is 33.2 Å². The number of H-pyrrole nitrogens is 1. The van der Waals surface area contributed by atoms with Gasteiger partial charge in [0.2, 0.25) is 5.91 Å². The van der Waals surface area contributed by atoms with Crippen LogP contribution in [0.5, 0.6) is 11.5 Å². The maximum absolute atomic E-state index is 13.2. The summed E-state index contributed by atoms with van der Waals surface area (Å²) in [5, 5.41) is 0.944. The van der Waals surface area contributed by atoms with E-state index in [2.05, 4.69) is 4.98 Å². The second kappa shape index (κ2) is 8.10. The lowest BCUT2D eigenvalue weighted by molar-refractivity contribution is -0.136. The van der Waals surface area contributed by atoms with Crippen LogP contribution in [0.2, 0.25) is 0 Å². The molecule has 31 heavy (non-hydrogen) atoms. The van der Waals surface area contributed by atoms with Crippen molar-refractivity contribution in [3.8, 4) is 11.5 Å². The normalized spacial score (nSPS) is 15.8. The number of carbonyl (C=O) groups is 1. The summed E-state index contributed by atoms with van der Waals surface area (Å²) in [6, 6.07) is 11.2. The van der Waals surface area contributed by atoms with E-state index >= 15 is 0 Å². The Labute approximate surface area is 181 Å². The van der Waals surface area contributed by atoms with Crippen LogP contribution < -0.4 is 15.0 Å². The van der Waals surface area contributed by atoms with Crippen LogP contribution in [-0.4, -0.2) is 36.6 Å². The van der Waals surface area contributed by atoms with Crippen LogP contribution in [0.1, 0.15) is 42.1 Å². The van der Waals surface area contributed by atoms with Crippen molar-refractivity contribution < 1.29 is 14.3 Å². The molecular weight excluding hydrogens is 392 g/mol. The molecule has 3 aromatic rings. The molecule has 2 aromatic carbocycles. The maximum atomic E-state index is 13.2. The highest BCUT2D eigenvalue weighted by Crippen LogP contribution is 2.41. The summed E-state index contributed by atoms with van der Waals surface area (Å²) in [5.41, 5.74) is 4.21. The zero-order valence-electron chi connectivity index (χ0n) is 18.6. The Kier molecular flexibility index (Phi) is 5.48. The minimum Gasteiger partial charge on any atom is -0.493 e. The van der Waals surface area contributed by atoms with Gasteiger partial charge in [-0.25, -0.2) is 0 Å². The van der Waals surface area contributed by atoms with Gasteiger partial charge in [-0.3, -0.25) is 9.59 Å². The lowest BCUT2D eigenvalue weighted by Crippen LogP contribution is -2.44. The van der Waals surface area contributed by atoms with Crippen molar-refractivity contribution >= 4 is 16.8 Å². The molecular formula is C25H28N2O4. The van der Waals surface area contributed by atoms with Gasteiger partial charge in [-0.2, -0.15) is 0 Å². The van der Waals surface area contributed by atoms with Gasteiger partial charge >= 0.3 is 0 Å². The number of aromatic amines is 1. The molecule has 1 amide bonds. The fraction of sp³-hybridized carbons (Fsp3) is 0.360. The Morgan fingerprint density at radius 1 is 1.06 bits per heavy atom. The number of pyridine rings is 1. The molecule has 4 rings (SSSR count). The molecule has 0 unspecified atom stereocenters. The molecule has 0 spiro atoms. The number of nitrogens with zero attached hydrogens (tertiary/aromatic N) is 1. The van der Waals surface area contributed by atoms with E-state index < -0.39 is 6.04 Å². The zero-order chi connectivity index (χ0) is 22.3. The Hall–Kier alpha value is -3.28. The molecule has 1 aliphatic rings. The van der Waals surface area contributed by atoms with Gasteiger partial charge in [0.1, 0.15) is 0 Å². The maximum Gasteiger partial charge on any atom is 0.254 e.